The van der Waals surface area contributed by atoms with Gasteiger partial charge >= 0.3 is 0 Å². The zero-order valence-corrected chi connectivity index (χ0v) is 10.9. The summed E-state index contributed by atoms with van der Waals surface area (Å²) in [5.41, 5.74) is 9.40. The number of aromatic nitrogens is 1. The van der Waals surface area contributed by atoms with Gasteiger partial charge in [-0.1, -0.05) is 30.0 Å². The van der Waals surface area contributed by atoms with Gasteiger partial charge in [0.2, 0.25) is 0 Å². The minimum absolute atomic E-state index is 0.536. The van der Waals surface area contributed by atoms with E-state index >= 15 is 0 Å². The first-order valence-corrected chi connectivity index (χ1v) is 6.42. The van der Waals surface area contributed by atoms with E-state index in [9.17, 15) is 0 Å². The van der Waals surface area contributed by atoms with E-state index in [2.05, 4.69) is 31.0 Å². The van der Waals surface area contributed by atoms with Crippen LogP contribution in [0.4, 0.5) is 0 Å². The highest BCUT2D eigenvalue weighted by Crippen LogP contribution is 2.31. The van der Waals surface area contributed by atoms with Crippen molar-refractivity contribution in [1.82, 2.24) is 4.98 Å². The maximum atomic E-state index is 5.79. The molecule has 0 radical (unpaired) electrons. The van der Waals surface area contributed by atoms with Crippen molar-refractivity contribution in [3.63, 3.8) is 0 Å². The second kappa shape index (κ2) is 5.34. The van der Waals surface area contributed by atoms with Crippen LogP contribution in [-0.2, 0) is 6.54 Å². The summed E-state index contributed by atoms with van der Waals surface area (Å²) in [6.45, 7) is 4.72. The molecule has 1 aromatic heterocycles. The Morgan fingerprint density at radius 1 is 1.12 bits per heavy atom. The third kappa shape index (κ3) is 2.68. The van der Waals surface area contributed by atoms with E-state index in [-0.39, 0.29) is 0 Å². The Balaban J connectivity index is 2.37. The van der Waals surface area contributed by atoms with Crippen molar-refractivity contribution in [3.8, 4) is 0 Å². The van der Waals surface area contributed by atoms with Crippen LogP contribution in [0, 0.1) is 13.8 Å². The molecule has 2 N–H and O–H groups in total. The van der Waals surface area contributed by atoms with Gasteiger partial charge in [-0.15, -0.1) is 0 Å². The molecule has 0 aliphatic heterocycles. The minimum Gasteiger partial charge on any atom is -0.326 e. The van der Waals surface area contributed by atoms with Gasteiger partial charge in [0.05, 0.1) is 0 Å². The molecule has 0 unspecified atom stereocenters. The van der Waals surface area contributed by atoms with Crippen LogP contribution in [0.5, 0.6) is 0 Å². The summed E-state index contributed by atoms with van der Waals surface area (Å²) in [5, 5.41) is 1.02. The van der Waals surface area contributed by atoms with E-state index in [1.54, 1.807) is 11.8 Å². The fraction of sp³-hybridized carbons (Fsp3) is 0.214. The van der Waals surface area contributed by atoms with Crippen molar-refractivity contribution in [2.45, 2.75) is 30.3 Å². The normalized spacial score (nSPS) is 10.5. The van der Waals surface area contributed by atoms with Crippen LogP contribution in [0.25, 0.3) is 0 Å². The van der Waals surface area contributed by atoms with Crippen LogP contribution in [0.1, 0.15) is 16.7 Å². The lowest BCUT2D eigenvalue weighted by atomic mass is 10.2. The summed E-state index contributed by atoms with van der Waals surface area (Å²) in [4.78, 5) is 5.67. The van der Waals surface area contributed by atoms with E-state index in [4.69, 9.17) is 5.73 Å². The summed E-state index contributed by atoms with van der Waals surface area (Å²) >= 11 is 1.69. The number of rotatable bonds is 3. The molecule has 2 aromatic rings. The van der Waals surface area contributed by atoms with E-state index in [1.165, 1.54) is 16.0 Å². The number of nitrogens with zero attached hydrogens (tertiary/aromatic N) is 1. The van der Waals surface area contributed by atoms with E-state index < -0.39 is 0 Å². The number of aryl methyl sites for hydroxylation is 2. The molecule has 17 heavy (non-hydrogen) atoms. The summed E-state index contributed by atoms with van der Waals surface area (Å²) in [5.74, 6) is 0. The van der Waals surface area contributed by atoms with Gasteiger partial charge in [0.15, 0.2) is 0 Å². The van der Waals surface area contributed by atoms with Gasteiger partial charge in [0, 0.05) is 23.2 Å². The largest absolute Gasteiger partial charge is 0.326 e. The average molecular weight is 244 g/mol. The highest BCUT2D eigenvalue weighted by atomic mass is 32.2. The average Bonchev–Trinajstić information content (AvgIpc) is 2.32. The van der Waals surface area contributed by atoms with Crippen molar-refractivity contribution in [3.05, 3.63) is 53.2 Å². The van der Waals surface area contributed by atoms with Gasteiger partial charge in [-0.3, -0.25) is 0 Å². The number of nitrogens with two attached hydrogens (primary N) is 1. The predicted octanol–water partition coefficient (Wildman–Crippen LogP) is 3.31. The lowest BCUT2D eigenvalue weighted by Crippen LogP contribution is -2.02. The van der Waals surface area contributed by atoms with E-state index in [0.29, 0.717) is 6.54 Å². The van der Waals surface area contributed by atoms with E-state index in [1.807, 2.05) is 24.4 Å². The van der Waals surface area contributed by atoms with Crippen molar-refractivity contribution < 1.29 is 0 Å². The monoisotopic (exact) mass is 244 g/mol. The highest BCUT2D eigenvalue weighted by Gasteiger charge is 2.08. The van der Waals surface area contributed by atoms with Crippen LogP contribution in [0.2, 0.25) is 0 Å². The smallest absolute Gasteiger partial charge is 0.105 e. The van der Waals surface area contributed by atoms with Crippen LogP contribution in [0.3, 0.4) is 0 Å². The molecule has 0 atom stereocenters. The molecule has 3 heteroatoms. The molecule has 0 saturated heterocycles. The first-order valence-electron chi connectivity index (χ1n) is 5.60. The Kier molecular flexibility index (Phi) is 3.82. The first-order chi connectivity index (χ1) is 8.22. The Labute approximate surface area is 106 Å². The van der Waals surface area contributed by atoms with Crippen molar-refractivity contribution in [2.24, 2.45) is 5.73 Å². The summed E-state index contributed by atoms with van der Waals surface area (Å²) < 4.78 is 0. The molecular weight excluding hydrogens is 228 g/mol. The van der Waals surface area contributed by atoms with Gasteiger partial charge in [-0.25, -0.2) is 4.98 Å². The van der Waals surface area contributed by atoms with E-state index in [0.717, 1.165) is 10.6 Å². The third-order valence-corrected chi connectivity index (χ3v) is 3.98. The molecule has 2 rings (SSSR count). The first kappa shape index (κ1) is 12.1. The number of pyridine rings is 1. The molecule has 0 aliphatic rings. The Bertz CT molecular complexity index is 523. The third-order valence-electron chi connectivity index (χ3n) is 2.75. The maximum Gasteiger partial charge on any atom is 0.105 e. The lowest BCUT2D eigenvalue weighted by molar-refractivity contribution is 0.942. The van der Waals surface area contributed by atoms with Crippen LogP contribution >= 0.6 is 11.8 Å². The topological polar surface area (TPSA) is 38.9 Å². The van der Waals surface area contributed by atoms with Crippen LogP contribution < -0.4 is 5.73 Å². The zero-order chi connectivity index (χ0) is 12.3. The van der Waals surface area contributed by atoms with Crippen molar-refractivity contribution >= 4 is 11.8 Å². The minimum atomic E-state index is 0.536. The van der Waals surface area contributed by atoms with Gasteiger partial charge in [-0.2, -0.15) is 0 Å². The molecule has 0 aliphatic carbocycles. The molecule has 1 aromatic carbocycles. The van der Waals surface area contributed by atoms with Gasteiger partial charge < -0.3 is 5.73 Å². The molecular formula is C14H16N2S. The Morgan fingerprint density at radius 2 is 1.88 bits per heavy atom. The lowest BCUT2D eigenvalue weighted by Gasteiger charge is -2.10. The van der Waals surface area contributed by atoms with Gasteiger partial charge in [0.25, 0.3) is 0 Å². The number of hydrogen-bond acceptors (Lipinski definition) is 3. The quantitative estimate of drug-likeness (QED) is 0.900. The second-order valence-electron chi connectivity index (χ2n) is 3.98. The SMILES string of the molecule is Cc1ccccc1Sc1nccc(C)c1CN. The second-order valence-corrected chi connectivity index (χ2v) is 5.01. The highest BCUT2D eigenvalue weighted by molar-refractivity contribution is 7.99. The molecule has 0 spiro atoms. The van der Waals surface area contributed by atoms with Crippen LogP contribution in [0.15, 0.2) is 46.5 Å². The Morgan fingerprint density at radius 3 is 2.59 bits per heavy atom. The summed E-state index contributed by atoms with van der Waals surface area (Å²) in [6, 6.07) is 10.3. The molecule has 0 fully saturated rings. The zero-order valence-electron chi connectivity index (χ0n) is 10.1. The molecule has 88 valence electrons. The molecule has 1 heterocycles. The standard InChI is InChI=1S/C14H16N2S/c1-10-7-8-16-14(12(10)9-15)17-13-6-4-3-5-11(13)2/h3-8H,9,15H2,1-2H3. The molecule has 2 nitrogen and oxygen atoms in total. The predicted molar refractivity (Wildman–Crippen MR) is 72.2 cm³/mol. The van der Waals surface area contributed by atoms with Crippen LogP contribution in [-0.4, -0.2) is 4.98 Å². The van der Waals surface area contributed by atoms with Crippen molar-refractivity contribution in [2.75, 3.05) is 0 Å². The fourth-order valence-corrected chi connectivity index (χ4v) is 2.74. The summed E-state index contributed by atoms with van der Waals surface area (Å²) in [7, 11) is 0. The maximum absolute atomic E-state index is 5.79. The molecule has 0 bridgehead atoms. The van der Waals surface area contributed by atoms with Gasteiger partial charge in [-0.05, 0) is 37.1 Å². The Hall–Kier alpha value is -1.32. The molecule has 0 saturated carbocycles. The number of hydrogen-bond donors (Lipinski definition) is 1. The summed E-state index contributed by atoms with van der Waals surface area (Å²) in [6.07, 6.45) is 1.84. The molecule has 0 amide bonds. The van der Waals surface area contributed by atoms with Gasteiger partial charge in [0.1, 0.15) is 5.03 Å². The van der Waals surface area contributed by atoms with Crippen molar-refractivity contribution in [1.29, 1.82) is 0 Å². The fourth-order valence-electron chi connectivity index (χ4n) is 1.68. The number of benzene rings is 1.